The maximum atomic E-state index is 4.45. The number of aromatic nitrogens is 1. The third-order valence-corrected chi connectivity index (χ3v) is 3.10. The summed E-state index contributed by atoms with van der Waals surface area (Å²) in [5, 5.41) is 0. The van der Waals surface area contributed by atoms with Gasteiger partial charge in [-0.15, -0.1) is 35.4 Å². The molecule has 0 saturated heterocycles. The number of hydrogen-bond acceptors (Lipinski definition) is 1. The van der Waals surface area contributed by atoms with E-state index < -0.39 is 0 Å². The Hall–Kier alpha value is -1.76. The van der Waals surface area contributed by atoms with E-state index in [1.54, 1.807) is 0 Å². The van der Waals surface area contributed by atoms with E-state index in [2.05, 4.69) is 53.5 Å². The minimum atomic E-state index is 0. The molecule has 0 saturated carbocycles. The summed E-state index contributed by atoms with van der Waals surface area (Å²) in [6.45, 7) is 2.04. The van der Waals surface area contributed by atoms with Gasteiger partial charge >= 0.3 is 0 Å². The van der Waals surface area contributed by atoms with Crippen LogP contribution in [0.1, 0.15) is 5.56 Å². The van der Waals surface area contributed by atoms with Gasteiger partial charge in [0, 0.05) is 26.3 Å². The van der Waals surface area contributed by atoms with Crippen molar-refractivity contribution in [1.82, 2.24) is 4.98 Å². The average molecular weight is 437 g/mol. The van der Waals surface area contributed by atoms with Crippen molar-refractivity contribution < 1.29 is 20.1 Å². The van der Waals surface area contributed by atoms with Gasteiger partial charge in [0.25, 0.3) is 0 Å². The molecule has 0 atom stereocenters. The Morgan fingerprint density at radius 3 is 2.40 bits per heavy atom. The molecule has 0 aliphatic carbocycles. The maximum absolute atomic E-state index is 4.45. The minimum Gasteiger partial charge on any atom is -0.304 e. The van der Waals surface area contributed by atoms with E-state index in [9.17, 15) is 0 Å². The van der Waals surface area contributed by atoms with Gasteiger partial charge in [-0.05, 0) is 23.7 Å². The van der Waals surface area contributed by atoms with E-state index in [1.807, 2.05) is 31.3 Å². The normalized spacial score (nSPS) is 9.85. The standard InChI is InChI=1S/C18H14N.Ir/c1-14-10-11-18(19-13-14)17-9-5-8-16(12-17)15-6-3-2-4-7-15;/h2-8,10-13H,1H3;/q-1;. The first-order valence-corrected chi connectivity index (χ1v) is 6.33. The Labute approximate surface area is 133 Å². The Kier molecular flexibility index (Phi) is 4.83. The Balaban J connectivity index is 0.00000147. The summed E-state index contributed by atoms with van der Waals surface area (Å²) in [6, 6.07) is 23.9. The molecule has 0 bridgehead atoms. The minimum absolute atomic E-state index is 0. The number of aryl methyl sites for hydroxylation is 1. The van der Waals surface area contributed by atoms with Gasteiger partial charge < -0.3 is 4.98 Å². The SMILES string of the molecule is Cc1ccc(-c2[c-]ccc(-c3ccccc3)c2)nc1.[Ir]. The summed E-state index contributed by atoms with van der Waals surface area (Å²) in [5.41, 5.74) is 5.56. The van der Waals surface area contributed by atoms with Crippen molar-refractivity contribution in [2.45, 2.75) is 6.92 Å². The van der Waals surface area contributed by atoms with Crippen molar-refractivity contribution in [2.24, 2.45) is 0 Å². The topological polar surface area (TPSA) is 12.9 Å². The molecular weight excluding hydrogens is 422 g/mol. The summed E-state index contributed by atoms with van der Waals surface area (Å²) in [5.74, 6) is 0. The monoisotopic (exact) mass is 437 g/mol. The van der Waals surface area contributed by atoms with Crippen LogP contribution in [-0.2, 0) is 20.1 Å². The van der Waals surface area contributed by atoms with Crippen LogP contribution >= 0.6 is 0 Å². The number of nitrogens with zero attached hydrogens (tertiary/aromatic N) is 1. The third-order valence-electron chi connectivity index (χ3n) is 3.10. The summed E-state index contributed by atoms with van der Waals surface area (Å²) in [6.07, 6.45) is 1.89. The predicted molar refractivity (Wildman–Crippen MR) is 78.7 cm³/mol. The molecule has 0 aliphatic heterocycles. The third kappa shape index (κ3) is 3.22. The molecule has 2 heteroatoms. The molecule has 3 aromatic rings. The molecule has 1 nitrogen and oxygen atoms in total. The van der Waals surface area contributed by atoms with Crippen molar-refractivity contribution in [3.05, 3.63) is 78.5 Å². The predicted octanol–water partition coefficient (Wildman–Crippen LogP) is 4.52. The molecule has 0 unspecified atom stereocenters. The van der Waals surface area contributed by atoms with Crippen molar-refractivity contribution in [3.63, 3.8) is 0 Å². The zero-order valence-corrected chi connectivity index (χ0v) is 13.5. The average Bonchev–Trinajstić information content (AvgIpc) is 2.49. The van der Waals surface area contributed by atoms with E-state index in [1.165, 1.54) is 16.7 Å². The van der Waals surface area contributed by atoms with Crippen LogP contribution in [0, 0.1) is 13.0 Å². The van der Waals surface area contributed by atoms with Gasteiger partial charge in [-0.2, -0.15) is 0 Å². The van der Waals surface area contributed by atoms with Crippen LogP contribution in [0.5, 0.6) is 0 Å². The van der Waals surface area contributed by atoms with Crippen LogP contribution in [-0.4, -0.2) is 4.98 Å². The second-order valence-corrected chi connectivity index (χ2v) is 4.58. The molecule has 0 aliphatic rings. The van der Waals surface area contributed by atoms with Crippen LogP contribution in [0.4, 0.5) is 0 Å². The van der Waals surface area contributed by atoms with Gasteiger partial charge in [-0.25, -0.2) is 0 Å². The maximum Gasteiger partial charge on any atom is 0.0190 e. The van der Waals surface area contributed by atoms with Crippen molar-refractivity contribution in [1.29, 1.82) is 0 Å². The van der Waals surface area contributed by atoms with Crippen LogP contribution in [0.2, 0.25) is 0 Å². The summed E-state index contributed by atoms with van der Waals surface area (Å²) in [7, 11) is 0. The van der Waals surface area contributed by atoms with Crippen LogP contribution < -0.4 is 0 Å². The van der Waals surface area contributed by atoms with Gasteiger partial charge in [0.15, 0.2) is 0 Å². The van der Waals surface area contributed by atoms with Gasteiger partial charge in [0.2, 0.25) is 0 Å². The van der Waals surface area contributed by atoms with Gasteiger partial charge in [-0.3, -0.25) is 0 Å². The van der Waals surface area contributed by atoms with E-state index in [-0.39, 0.29) is 20.1 Å². The fourth-order valence-electron chi connectivity index (χ4n) is 2.05. The number of benzene rings is 2. The smallest absolute Gasteiger partial charge is 0.0190 e. The molecule has 1 radical (unpaired) electrons. The first kappa shape index (κ1) is 14.6. The van der Waals surface area contributed by atoms with Crippen LogP contribution in [0.25, 0.3) is 22.4 Å². The molecule has 0 N–H and O–H groups in total. The Morgan fingerprint density at radius 1 is 0.900 bits per heavy atom. The first-order valence-electron chi connectivity index (χ1n) is 6.33. The zero-order chi connectivity index (χ0) is 13.1. The number of rotatable bonds is 2. The zero-order valence-electron chi connectivity index (χ0n) is 11.1. The van der Waals surface area contributed by atoms with E-state index in [4.69, 9.17) is 0 Å². The number of pyridine rings is 1. The summed E-state index contributed by atoms with van der Waals surface area (Å²) in [4.78, 5) is 4.45. The molecule has 20 heavy (non-hydrogen) atoms. The van der Waals surface area contributed by atoms with Gasteiger partial charge in [-0.1, -0.05) is 42.5 Å². The van der Waals surface area contributed by atoms with E-state index in [0.717, 1.165) is 11.3 Å². The number of hydrogen-bond donors (Lipinski definition) is 0. The fraction of sp³-hybridized carbons (Fsp3) is 0.0556. The molecule has 1 heterocycles. The molecular formula is C18H14IrN-. The quantitative estimate of drug-likeness (QED) is 0.539. The van der Waals surface area contributed by atoms with Crippen molar-refractivity contribution in [2.75, 3.05) is 0 Å². The molecule has 0 spiro atoms. The first-order chi connectivity index (χ1) is 9.33. The largest absolute Gasteiger partial charge is 0.304 e. The van der Waals surface area contributed by atoms with Crippen LogP contribution in [0.3, 0.4) is 0 Å². The van der Waals surface area contributed by atoms with Gasteiger partial charge in [0.05, 0.1) is 0 Å². The van der Waals surface area contributed by atoms with Crippen molar-refractivity contribution >= 4 is 0 Å². The molecule has 3 rings (SSSR count). The fourth-order valence-corrected chi connectivity index (χ4v) is 2.05. The molecule has 0 amide bonds. The second-order valence-electron chi connectivity index (χ2n) is 4.58. The van der Waals surface area contributed by atoms with E-state index in [0.29, 0.717) is 0 Å². The summed E-state index contributed by atoms with van der Waals surface area (Å²) < 4.78 is 0. The van der Waals surface area contributed by atoms with Crippen molar-refractivity contribution in [3.8, 4) is 22.4 Å². The van der Waals surface area contributed by atoms with Crippen LogP contribution in [0.15, 0.2) is 66.9 Å². The second kappa shape index (κ2) is 6.60. The Morgan fingerprint density at radius 2 is 1.70 bits per heavy atom. The molecule has 2 aromatic carbocycles. The van der Waals surface area contributed by atoms with E-state index >= 15 is 0 Å². The molecule has 1 aromatic heterocycles. The Bertz CT molecular complexity index is 675. The molecule has 0 fully saturated rings. The molecule has 101 valence electrons. The summed E-state index contributed by atoms with van der Waals surface area (Å²) >= 11 is 0. The van der Waals surface area contributed by atoms with Gasteiger partial charge in [0.1, 0.15) is 0 Å².